The number of halogens is 4. The summed E-state index contributed by atoms with van der Waals surface area (Å²) in [6.07, 6.45) is -3.81. The van der Waals surface area contributed by atoms with Crippen molar-refractivity contribution in [2.75, 3.05) is 10.6 Å². The predicted octanol–water partition coefficient (Wildman–Crippen LogP) is 3.45. The summed E-state index contributed by atoms with van der Waals surface area (Å²) in [5.74, 6) is -1.92. The lowest BCUT2D eigenvalue weighted by molar-refractivity contribution is -0.141. The Labute approximate surface area is 133 Å². The molecule has 0 spiro atoms. The van der Waals surface area contributed by atoms with E-state index < -0.39 is 29.5 Å². The van der Waals surface area contributed by atoms with Crippen LogP contribution in [-0.2, 0) is 11.0 Å². The first-order valence-corrected chi connectivity index (χ1v) is 6.58. The molecule has 5 nitrogen and oxygen atoms in total. The second-order valence-corrected chi connectivity index (χ2v) is 4.76. The van der Waals surface area contributed by atoms with E-state index >= 15 is 0 Å². The number of benzene rings is 1. The normalized spacial score (nSPS) is 11.0. The van der Waals surface area contributed by atoms with Crippen molar-refractivity contribution in [3.63, 3.8) is 0 Å². The second kappa shape index (κ2) is 6.65. The molecule has 1 aromatic carbocycles. The molecule has 0 saturated carbocycles. The Hall–Kier alpha value is -2.97. The molecule has 0 aliphatic heterocycles. The molecule has 0 aliphatic rings. The number of aromatic nitrogens is 1. The van der Waals surface area contributed by atoms with E-state index in [4.69, 9.17) is 0 Å². The monoisotopic (exact) mass is 341 g/mol. The molecular weight excluding hydrogens is 330 g/mol. The Morgan fingerprint density at radius 3 is 2.33 bits per heavy atom. The first-order valence-electron chi connectivity index (χ1n) is 6.58. The van der Waals surface area contributed by atoms with Crippen molar-refractivity contribution in [1.82, 2.24) is 4.98 Å². The SMILES string of the molecule is CC(=O)Nc1cc(NC(=O)c2ccc(C(F)(F)F)nc2)ccc1F. The number of hydrogen-bond donors (Lipinski definition) is 2. The van der Waals surface area contributed by atoms with Gasteiger partial charge in [-0.05, 0) is 30.3 Å². The third-order valence-electron chi connectivity index (χ3n) is 2.85. The summed E-state index contributed by atoms with van der Waals surface area (Å²) in [5.41, 5.74) is -1.20. The van der Waals surface area contributed by atoms with E-state index in [1.165, 1.54) is 19.1 Å². The van der Waals surface area contributed by atoms with E-state index in [0.29, 0.717) is 6.07 Å². The van der Waals surface area contributed by atoms with Gasteiger partial charge in [0.2, 0.25) is 5.91 Å². The lowest BCUT2D eigenvalue weighted by Crippen LogP contribution is -2.15. The molecule has 2 amide bonds. The maximum atomic E-state index is 13.5. The van der Waals surface area contributed by atoms with Gasteiger partial charge in [0.05, 0.1) is 11.3 Å². The molecule has 2 rings (SSSR count). The lowest BCUT2D eigenvalue weighted by Gasteiger charge is -2.10. The van der Waals surface area contributed by atoms with Gasteiger partial charge in [0.1, 0.15) is 11.5 Å². The van der Waals surface area contributed by atoms with E-state index in [2.05, 4.69) is 15.6 Å². The van der Waals surface area contributed by atoms with Crippen molar-refractivity contribution < 1.29 is 27.2 Å². The number of nitrogens with zero attached hydrogens (tertiary/aromatic N) is 1. The first kappa shape index (κ1) is 17.4. The number of hydrogen-bond acceptors (Lipinski definition) is 3. The van der Waals surface area contributed by atoms with Gasteiger partial charge in [0, 0.05) is 18.8 Å². The Bertz CT molecular complexity index is 773. The van der Waals surface area contributed by atoms with Crippen LogP contribution < -0.4 is 10.6 Å². The lowest BCUT2D eigenvalue weighted by atomic mass is 10.2. The van der Waals surface area contributed by atoms with Crippen LogP contribution in [0.2, 0.25) is 0 Å². The van der Waals surface area contributed by atoms with Crippen LogP contribution in [0.5, 0.6) is 0 Å². The van der Waals surface area contributed by atoms with Gasteiger partial charge in [-0.15, -0.1) is 0 Å². The van der Waals surface area contributed by atoms with Gasteiger partial charge >= 0.3 is 6.18 Å². The average Bonchev–Trinajstić information content (AvgIpc) is 2.49. The number of rotatable bonds is 3. The van der Waals surface area contributed by atoms with Crippen LogP contribution in [-0.4, -0.2) is 16.8 Å². The van der Waals surface area contributed by atoms with Crippen LogP contribution in [0.4, 0.5) is 28.9 Å². The van der Waals surface area contributed by atoms with Crippen LogP contribution >= 0.6 is 0 Å². The minimum absolute atomic E-state index is 0.103. The second-order valence-electron chi connectivity index (χ2n) is 4.76. The fourth-order valence-corrected chi connectivity index (χ4v) is 1.79. The minimum atomic E-state index is -4.60. The highest BCUT2D eigenvalue weighted by Crippen LogP contribution is 2.27. The highest BCUT2D eigenvalue weighted by Gasteiger charge is 2.32. The van der Waals surface area contributed by atoms with Crippen LogP contribution in [0.1, 0.15) is 23.0 Å². The summed E-state index contributed by atoms with van der Waals surface area (Å²) in [5, 5.41) is 4.63. The minimum Gasteiger partial charge on any atom is -0.324 e. The van der Waals surface area contributed by atoms with Gasteiger partial charge in [-0.2, -0.15) is 13.2 Å². The Morgan fingerprint density at radius 1 is 1.08 bits per heavy atom. The van der Waals surface area contributed by atoms with Crippen LogP contribution in [0, 0.1) is 5.82 Å². The summed E-state index contributed by atoms with van der Waals surface area (Å²) in [6, 6.07) is 5.12. The number of anilines is 2. The summed E-state index contributed by atoms with van der Waals surface area (Å²) in [6.45, 7) is 1.19. The molecule has 0 aliphatic carbocycles. The molecule has 2 N–H and O–H groups in total. The van der Waals surface area contributed by atoms with Gasteiger partial charge in [0.15, 0.2) is 0 Å². The topological polar surface area (TPSA) is 71.1 Å². The number of carbonyl (C=O) groups is 2. The Balaban J connectivity index is 2.16. The van der Waals surface area contributed by atoms with Gasteiger partial charge in [0.25, 0.3) is 5.91 Å². The number of nitrogens with one attached hydrogen (secondary N) is 2. The van der Waals surface area contributed by atoms with Crippen LogP contribution in [0.15, 0.2) is 36.5 Å². The molecule has 0 radical (unpaired) electrons. The van der Waals surface area contributed by atoms with Gasteiger partial charge < -0.3 is 10.6 Å². The molecule has 1 heterocycles. The van der Waals surface area contributed by atoms with E-state index in [1.807, 2.05) is 0 Å². The van der Waals surface area contributed by atoms with E-state index in [-0.39, 0.29) is 16.9 Å². The quantitative estimate of drug-likeness (QED) is 0.840. The number of carbonyl (C=O) groups excluding carboxylic acids is 2. The van der Waals surface area contributed by atoms with E-state index in [9.17, 15) is 27.2 Å². The van der Waals surface area contributed by atoms with Gasteiger partial charge in [-0.25, -0.2) is 4.39 Å². The molecule has 126 valence electrons. The molecule has 1 aromatic heterocycles. The number of amides is 2. The Morgan fingerprint density at radius 2 is 1.79 bits per heavy atom. The van der Waals surface area contributed by atoms with Crippen molar-refractivity contribution >= 4 is 23.2 Å². The highest BCUT2D eigenvalue weighted by molar-refractivity contribution is 6.04. The first-order chi connectivity index (χ1) is 11.2. The molecule has 0 saturated heterocycles. The zero-order valence-electron chi connectivity index (χ0n) is 12.2. The van der Waals surface area contributed by atoms with Crippen LogP contribution in [0.25, 0.3) is 0 Å². The standard InChI is InChI=1S/C15H11F4N3O2/c1-8(23)21-12-6-10(3-4-11(12)16)22-14(24)9-2-5-13(20-7-9)15(17,18)19/h2-7H,1H3,(H,21,23)(H,22,24). The molecular formula is C15H11F4N3O2. The fraction of sp³-hybridized carbons (Fsp3) is 0.133. The number of alkyl halides is 3. The third kappa shape index (κ3) is 4.28. The summed E-state index contributed by atoms with van der Waals surface area (Å²) < 4.78 is 50.8. The molecule has 0 fully saturated rings. The van der Waals surface area contributed by atoms with Gasteiger partial charge in [-0.1, -0.05) is 0 Å². The summed E-state index contributed by atoms with van der Waals surface area (Å²) in [7, 11) is 0. The van der Waals surface area contributed by atoms with Crippen molar-refractivity contribution in [2.24, 2.45) is 0 Å². The molecule has 0 bridgehead atoms. The third-order valence-corrected chi connectivity index (χ3v) is 2.85. The summed E-state index contributed by atoms with van der Waals surface area (Å²) in [4.78, 5) is 26.1. The number of pyridine rings is 1. The fourth-order valence-electron chi connectivity index (χ4n) is 1.79. The Kier molecular flexibility index (Phi) is 4.82. The van der Waals surface area contributed by atoms with E-state index in [0.717, 1.165) is 18.3 Å². The highest BCUT2D eigenvalue weighted by atomic mass is 19.4. The van der Waals surface area contributed by atoms with Crippen molar-refractivity contribution in [2.45, 2.75) is 13.1 Å². The maximum absolute atomic E-state index is 13.5. The summed E-state index contributed by atoms with van der Waals surface area (Å²) >= 11 is 0. The van der Waals surface area contributed by atoms with E-state index in [1.54, 1.807) is 0 Å². The molecule has 0 unspecified atom stereocenters. The average molecular weight is 341 g/mol. The maximum Gasteiger partial charge on any atom is 0.433 e. The van der Waals surface area contributed by atoms with Crippen molar-refractivity contribution in [3.8, 4) is 0 Å². The largest absolute Gasteiger partial charge is 0.433 e. The van der Waals surface area contributed by atoms with Crippen molar-refractivity contribution in [3.05, 3.63) is 53.6 Å². The molecule has 2 aromatic rings. The molecule has 9 heteroatoms. The van der Waals surface area contributed by atoms with Gasteiger partial charge in [-0.3, -0.25) is 14.6 Å². The predicted molar refractivity (Wildman–Crippen MR) is 77.9 cm³/mol. The van der Waals surface area contributed by atoms with Crippen LogP contribution in [0.3, 0.4) is 0 Å². The zero-order chi connectivity index (χ0) is 17.9. The zero-order valence-corrected chi connectivity index (χ0v) is 12.2. The van der Waals surface area contributed by atoms with Crippen molar-refractivity contribution in [1.29, 1.82) is 0 Å². The smallest absolute Gasteiger partial charge is 0.324 e. The molecule has 24 heavy (non-hydrogen) atoms. The molecule has 0 atom stereocenters.